The summed E-state index contributed by atoms with van der Waals surface area (Å²) >= 11 is 0. The van der Waals surface area contributed by atoms with Crippen molar-refractivity contribution >= 4 is 0 Å². The number of nitrogens with zero attached hydrogens (tertiary/aromatic N) is 1. The van der Waals surface area contributed by atoms with E-state index in [-0.39, 0.29) is 0 Å². The molecule has 2 rings (SSSR count). The van der Waals surface area contributed by atoms with Crippen LogP contribution in [0, 0.1) is 5.92 Å². The van der Waals surface area contributed by atoms with Gasteiger partial charge in [0.1, 0.15) is 0 Å². The number of ether oxygens (including phenoxy) is 1. The molecule has 1 aliphatic carbocycles. The zero-order valence-corrected chi connectivity index (χ0v) is 10.7. The van der Waals surface area contributed by atoms with Crippen LogP contribution >= 0.6 is 0 Å². The topological polar surface area (TPSA) is 24.5 Å². The molecule has 0 spiro atoms. The largest absolute Gasteiger partial charge is 0.380 e. The molecular weight excluding hydrogens is 200 g/mol. The Labute approximate surface area is 99.5 Å². The Balaban J connectivity index is 1.59. The molecule has 1 saturated carbocycles. The molecule has 2 aliphatic rings. The van der Waals surface area contributed by atoms with Gasteiger partial charge in [-0.2, -0.15) is 0 Å². The molecule has 94 valence electrons. The van der Waals surface area contributed by atoms with E-state index in [1.807, 2.05) is 0 Å². The molecule has 3 heteroatoms. The summed E-state index contributed by atoms with van der Waals surface area (Å²) in [7, 11) is 0. The van der Waals surface area contributed by atoms with Crippen molar-refractivity contribution < 1.29 is 4.74 Å². The predicted octanol–water partition coefficient (Wildman–Crippen LogP) is 1.49. The van der Waals surface area contributed by atoms with Gasteiger partial charge in [0.2, 0.25) is 0 Å². The lowest BCUT2D eigenvalue weighted by Gasteiger charge is -2.20. The molecule has 0 aromatic carbocycles. The van der Waals surface area contributed by atoms with Gasteiger partial charge in [-0.25, -0.2) is 0 Å². The molecule has 2 unspecified atom stereocenters. The third kappa shape index (κ3) is 4.04. The van der Waals surface area contributed by atoms with Crippen LogP contribution in [0.5, 0.6) is 0 Å². The highest BCUT2D eigenvalue weighted by Crippen LogP contribution is 2.30. The fourth-order valence-corrected chi connectivity index (χ4v) is 2.55. The number of hydrogen-bond donors (Lipinski definition) is 1. The summed E-state index contributed by atoms with van der Waals surface area (Å²) in [6, 6.07) is 1.18. The quantitative estimate of drug-likeness (QED) is 0.712. The van der Waals surface area contributed by atoms with Crippen molar-refractivity contribution in [3.05, 3.63) is 0 Å². The van der Waals surface area contributed by atoms with Crippen molar-refractivity contribution in [3.63, 3.8) is 0 Å². The second-order valence-corrected chi connectivity index (χ2v) is 5.42. The molecule has 0 amide bonds. The molecule has 0 aromatic rings. The minimum Gasteiger partial charge on any atom is -0.380 e. The normalized spacial score (nSPS) is 28.5. The van der Waals surface area contributed by atoms with Gasteiger partial charge in [-0.05, 0) is 45.6 Å². The molecule has 2 atom stereocenters. The minimum atomic E-state index is 0.492. The highest BCUT2D eigenvalue weighted by Gasteiger charge is 2.29. The smallest absolute Gasteiger partial charge is 0.0616 e. The van der Waals surface area contributed by atoms with E-state index >= 15 is 0 Å². The van der Waals surface area contributed by atoms with Crippen molar-refractivity contribution in [3.8, 4) is 0 Å². The van der Waals surface area contributed by atoms with Crippen LogP contribution in [-0.4, -0.2) is 49.8 Å². The Morgan fingerprint density at radius 1 is 1.38 bits per heavy atom. The van der Waals surface area contributed by atoms with Crippen molar-refractivity contribution in [1.29, 1.82) is 0 Å². The first kappa shape index (κ1) is 12.3. The van der Waals surface area contributed by atoms with E-state index in [0.717, 1.165) is 19.1 Å². The molecule has 0 bridgehead atoms. The first-order chi connectivity index (χ1) is 7.78. The van der Waals surface area contributed by atoms with Crippen LogP contribution in [0.3, 0.4) is 0 Å². The van der Waals surface area contributed by atoms with Crippen LogP contribution in [0.15, 0.2) is 0 Å². The molecule has 0 aromatic heterocycles. The summed E-state index contributed by atoms with van der Waals surface area (Å²) in [5, 5.41) is 3.67. The van der Waals surface area contributed by atoms with Gasteiger partial charge in [-0.15, -0.1) is 0 Å². The van der Waals surface area contributed by atoms with Crippen LogP contribution in [0.2, 0.25) is 0 Å². The summed E-state index contributed by atoms with van der Waals surface area (Å²) in [5.41, 5.74) is 0. The van der Waals surface area contributed by atoms with Crippen molar-refractivity contribution in [2.24, 2.45) is 5.92 Å². The van der Waals surface area contributed by atoms with Crippen molar-refractivity contribution in [2.75, 3.05) is 32.8 Å². The predicted molar refractivity (Wildman–Crippen MR) is 66.7 cm³/mol. The molecule has 0 radical (unpaired) electrons. The lowest BCUT2D eigenvalue weighted by atomic mass is 10.2. The molecule has 1 aliphatic heterocycles. The van der Waals surface area contributed by atoms with Gasteiger partial charge in [0.25, 0.3) is 0 Å². The fourth-order valence-electron chi connectivity index (χ4n) is 2.55. The Morgan fingerprint density at radius 2 is 2.19 bits per heavy atom. The standard InChI is InChI=1S/C13H26N2O/c1-3-16-10-11(2)14-13-6-7-15(9-13)8-12-4-5-12/h11-14H,3-10H2,1-2H3. The number of nitrogens with one attached hydrogen (secondary N) is 1. The monoisotopic (exact) mass is 226 g/mol. The van der Waals surface area contributed by atoms with Crippen molar-refractivity contribution in [2.45, 2.75) is 45.2 Å². The molecule has 2 fully saturated rings. The number of rotatable bonds is 7. The van der Waals surface area contributed by atoms with Gasteiger partial charge >= 0.3 is 0 Å². The SMILES string of the molecule is CCOCC(C)NC1CCN(CC2CC2)C1. The van der Waals surface area contributed by atoms with Crippen LogP contribution in [0.1, 0.15) is 33.1 Å². The fraction of sp³-hybridized carbons (Fsp3) is 1.00. The van der Waals surface area contributed by atoms with E-state index in [9.17, 15) is 0 Å². The van der Waals surface area contributed by atoms with E-state index < -0.39 is 0 Å². The first-order valence-corrected chi connectivity index (χ1v) is 6.84. The summed E-state index contributed by atoms with van der Waals surface area (Å²) in [5.74, 6) is 1.03. The Kier molecular flexibility index (Phi) is 4.62. The third-order valence-electron chi connectivity index (χ3n) is 3.58. The molecule has 1 saturated heterocycles. The minimum absolute atomic E-state index is 0.492. The van der Waals surface area contributed by atoms with E-state index in [1.165, 1.54) is 38.9 Å². The van der Waals surface area contributed by atoms with Crippen molar-refractivity contribution in [1.82, 2.24) is 10.2 Å². The Morgan fingerprint density at radius 3 is 2.88 bits per heavy atom. The molecule has 1 N–H and O–H groups in total. The van der Waals surface area contributed by atoms with Gasteiger partial charge in [-0.1, -0.05) is 0 Å². The molecule has 1 heterocycles. The lowest BCUT2D eigenvalue weighted by Crippen LogP contribution is -2.41. The zero-order chi connectivity index (χ0) is 11.4. The van der Waals surface area contributed by atoms with Gasteiger partial charge < -0.3 is 15.0 Å². The second kappa shape index (κ2) is 5.99. The van der Waals surface area contributed by atoms with E-state index in [4.69, 9.17) is 4.74 Å². The van der Waals surface area contributed by atoms with E-state index in [1.54, 1.807) is 0 Å². The zero-order valence-electron chi connectivity index (χ0n) is 10.7. The lowest BCUT2D eigenvalue weighted by molar-refractivity contribution is 0.123. The summed E-state index contributed by atoms with van der Waals surface area (Å²) in [6.45, 7) is 9.82. The van der Waals surface area contributed by atoms with Gasteiger partial charge in [0.15, 0.2) is 0 Å². The maximum atomic E-state index is 5.43. The van der Waals surface area contributed by atoms with E-state index in [0.29, 0.717) is 12.1 Å². The highest BCUT2D eigenvalue weighted by molar-refractivity contribution is 4.86. The third-order valence-corrected chi connectivity index (χ3v) is 3.58. The van der Waals surface area contributed by atoms with Crippen LogP contribution in [-0.2, 0) is 4.74 Å². The first-order valence-electron chi connectivity index (χ1n) is 6.84. The van der Waals surface area contributed by atoms with E-state index in [2.05, 4.69) is 24.1 Å². The molecule has 3 nitrogen and oxygen atoms in total. The van der Waals surface area contributed by atoms with Gasteiger partial charge in [-0.3, -0.25) is 0 Å². The summed E-state index contributed by atoms with van der Waals surface area (Å²) in [6.07, 6.45) is 4.24. The molecule has 16 heavy (non-hydrogen) atoms. The summed E-state index contributed by atoms with van der Waals surface area (Å²) < 4.78 is 5.43. The van der Waals surface area contributed by atoms with Crippen LogP contribution in [0.25, 0.3) is 0 Å². The maximum Gasteiger partial charge on any atom is 0.0616 e. The maximum absolute atomic E-state index is 5.43. The summed E-state index contributed by atoms with van der Waals surface area (Å²) in [4.78, 5) is 2.63. The average Bonchev–Trinajstić information content (AvgIpc) is 2.96. The average molecular weight is 226 g/mol. The Bertz CT molecular complexity index is 206. The molecular formula is C13H26N2O. The van der Waals surface area contributed by atoms with Gasteiger partial charge in [0.05, 0.1) is 6.61 Å². The highest BCUT2D eigenvalue weighted by atomic mass is 16.5. The number of likely N-dealkylation sites (tertiary alicyclic amines) is 1. The van der Waals surface area contributed by atoms with Gasteiger partial charge in [0, 0.05) is 31.8 Å². The Hall–Kier alpha value is -0.120. The van der Waals surface area contributed by atoms with Crippen LogP contribution < -0.4 is 5.32 Å². The van der Waals surface area contributed by atoms with Crippen LogP contribution in [0.4, 0.5) is 0 Å². The second-order valence-electron chi connectivity index (χ2n) is 5.42. The number of hydrogen-bond acceptors (Lipinski definition) is 3.